The van der Waals surface area contributed by atoms with Gasteiger partial charge >= 0.3 is 6.03 Å². The van der Waals surface area contributed by atoms with Gasteiger partial charge in [0.05, 0.1) is 11.2 Å². The summed E-state index contributed by atoms with van der Waals surface area (Å²) in [5.41, 5.74) is 2.72. The lowest BCUT2D eigenvalue weighted by molar-refractivity contribution is 0.194. The topological polar surface area (TPSA) is 48.5 Å². The van der Waals surface area contributed by atoms with Gasteiger partial charge < -0.3 is 15.1 Å². The number of aromatic nitrogens is 1. The Labute approximate surface area is 163 Å². The average Bonchev–Trinajstić information content (AvgIpc) is 2.75. The zero-order valence-electron chi connectivity index (χ0n) is 15.6. The van der Waals surface area contributed by atoms with Crippen molar-refractivity contribution in [1.29, 1.82) is 0 Å². The predicted octanol–water partition coefficient (Wildman–Crippen LogP) is 3.45. The van der Waals surface area contributed by atoms with Gasteiger partial charge in [-0.3, -0.25) is 4.98 Å². The van der Waals surface area contributed by atoms with Crippen LogP contribution in [0.1, 0.15) is 5.56 Å². The van der Waals surface area contributed by atoms with Crippen molar-refractivity contribution in [2.45, 2.75) is 6.42 Å². The lowest BCUT2D eigenvalue weighted by Crippen LogP contribution is -2.52. The maximum absolute atomic E-state index is 13.7. The van der Waals surface area contributed by atoms with E-state index in [-0.39, 0.29) is 11.8 Å². The van der Waals surface area contributed by atoms with Crippen LogP contribution in [0.3, 0.4) is 0 Å². The lowest BCUT2D eigenvalue weighted by Gasteiger charge is -2.36. The third-order valence-electron chi connectivity index (χ3n) is 5.15. The Morgan fingerprint density at radius 2 is 1.79 bits per heavy atom. The summed E-state index contributed by atoms with van der Waals surface area (Å²) in [6, 6.07) is 16.8. The van der Waals surface area contributed by atoms with Gasteiger partial charge in [0.15, 0.2) is 0 Å². The Hall–Kier alpha value is -3.15. The van der Waals surface area contributed by atoms with E-state index in [0.717, 1.165) is 29.7 Å². The van der Waals surface area contributed by atoms with Crippen molar-refractivity contribution in [3.05, 3.63) is 72.2 Å². The summed E-state index contributed by atoms with van der Waals surface area (Å²) in [5, 5.41) is 4.02. The third-order valence-corrected chi connectivity index (χ3v) is 5.15. The molecule has 0 atom stereocenters. The maximum atomic E-state index is 13.7. The largest absolute Gasteiger partial charge is 0.366 e. The standard InChI is InChI=1S/C22H23FN4O/c23-19-8-2-1-5-17(19)10-12-25-22(28)27-15-13-26(14-16-27)20-9-3-6-18-7-4-11-24-21(18)20/h1-9,11H,10,12-16H2,(H,25,28). The van der Waals surface area contributed by atoms with Crippen LogP contribution in [0.4, 0.5) is 14.9 Å². The molecule has 5 nitrogen and oxygen atoms in total. The van der Waals surface area contributed by atoms with Gasteiger partial charge in [0.1, 0.15) is 5.82 Å². The molecule has 1 aliphatic heterocycles. The number of nitrogens with zero attached hydrogens (tertiary/aromatic N) is 3. The van der Waals surface area contributed by atoms with E-state index in [0.29, 0.717) is 31.6 Å². The Morgan fingerprint density at radius 1 is 1.00 bits per heavy atom. The van der Waals surface area contributed by atoms with E-state index < -0.39 is 0 Å². The fourth-order valence-corrected chi connectivity index (χ4v) is 3.61. The van der Waals surface area contributed by atoms with Crippen molar-refractivity contribution in [2.75, 3.05) is 37.6 Å². The minimum atomic E-state index is -0.228. The zero-order chi connectivity index (χ0) is 19.3. The first-order valence-corrected chi connectivity index (χ1v) is 9.57. The first-order valence-electron chi connectivity index (χ1n) is 9.57. The Kier molecular flexibility index (Phi) is 5.37. The van der Waals surface area contributed by atoms with Gasteiger partial charge in [-0.05, 0) is 30.2 Å². The highest BCUT2D eigenvalue weighted by molar-refractivity contribution is 5.90. The van der Waals surface area contributed by atoms with E-state index >= 15 is 0 Å². The van der Waals surface area contributed by atoms with Crippen molar-refractivity contribution in [1.82, 2.24) is 15.2 Å². The summed E-state index contributed by atoms with van der Waals surface area (Å²) >= 11 is 0. The van der Waals surface area contributed by atoms with Gasteiger partial charge in [0.25, 0.3) is 0 Å². The van der Waals surface area contributed by atoms with Crippen molar-refractivity contribution in [2.24, 2.45) is 0 Å². The fourth-order valence-electron chi connectivity index (χ4n) is 3.61. The van der Waals surface area contributed by atoms with Crippen LogP contribution in [0, 0.1) is 5.82 Å². The number of halogens is 1. The second-order valence-corrected chi connectivity index (χ2v) is 6.90. The smallest absolute Gasteiger partial charge is 0.317 e. The number of rotatable bonds is 4. The van der Waals surface area contributed by atoms with Crippen LogP contribution in [0.5, 0.6) is 0 Å². The number of piperazine rings is 1. The molecule has 28 heavy (non-hydrogen) atoms. The molecule has 0 bridgehead atoms. The van der Waals surface area contributed by atoms with Gasteiger partial charge in [-0.15, -0.1) is 0 Å². The molecule has 0 spiro atoms. The Morgan fingerprint density at radius 3 is 2.61 bits per heavy atom. The molecule has 2 heterocycles. The molecule has 3 aromatic rings. The van der Waals surface area contributed by atoms with Gasteiger partial charge in [-0.1, -0.05) is 36.4 Å². The fraction of sp³-hybridized carbons (Fsp3) is 0.273. The first-order chi connectivity index (χ1) is 13.7. The third kappa shape index (κ3) is 3.91. The highest BCUT2D eigenvalue weighted by Crippen LogP contribution is 2.25. The number of carbonyl (C=O) groups excluding carboxylic acids is 1. The lowest BCUT2D eigenvalue weighted by atomic mass is 10.1. The second-order valence-electron chi connectivity index (χ2n) is 6.90. The zero-order valence-corrected chi connectivity index (χ0v) is 15.6. The highest BCUT2D eigenvalue weighted by Gasteiger charge is 2.22. The van der Waals surface area contributed by atoms with E-state index in [4.69, 9.17) is 0 Å². The van der Waals surface area contributed by atoms with Crippen LogP contribution >= 0.6 is 0 Å². The van der Waals surface area contributed by atoms with Crippen LogP contribution < -0.4 is 10.2 Å². The summed E-state index contributed by atoms with van der Waals surface area (Å²) in [4.78, 5) is 21.0. The number of carbonyl (C=O) groups is 1. The Balaban J connectivity index is 1.31. The molecule has 0 radical (unpaired) electrons. The van der Waals surface area contributed by atoms with Crippen molar-refractivity contribution < 1.29 is 9.18 Å². The maximum Gasteiger partial charge on any atom is 0.317 e. The molecule has 0 aliphatic carbocycles. The Bertz CT molecular complexity index is 964. The van der Waals surface area contributed by atoms with Gasteiger partial charge in [0.2, 0.25) is 0 Å². The molecule has 144 valence electrons. The molecular formula is C22H23FN4O. The highest BCUT2D eigenvalue weighted by atomic mass is 19.1. The van der Waals surface area contributed by atoms with Gasteiger partial charge in [0, 0.05) is 44.3 Å². The number of hydrogen-bond donors (Lipinski definition) is 1. The number of benzene rings is 2. The molecule has 4 rings (SSSR count). The number of fused-ring (bicyclic) bond motifs is 1. The van der Waals surface area contributed by atoms with E-state index in [1.807, 2.05) is 29.3 Å². The molecule has 1 N–H and O–H groups in total. The number of para-hydroxylation sites is 1. The number of urea groups is 1. The molecular weight excluding hydrogens is 355 g/mol. The number of pyridine rings is 1. The molecule has 0 saturated carbocycles. The quantitative estimate of drug-likeness (QED) is 0.757. The summed E-state index contributed by atoms with van der Waals surface area (Å²) < 4.78 is 13.7. The summed E-state index contributed by atoms with van der Waals surface area (Å²) in [6.45, 7) is 3.24. The van der Waals surface area contributed by atoms with E-state index in [9.17, 15) is 9.18 Å². The second kappa shape index (κ2) is 8.25. The van der Waals surface area contributed by atoms with Crippen LogP contribution in [0.15, 0.2) is 60.8 Å². The number of amides is 2. The van der Waals surface area contributed by atoms with E-state index in [1.54, 1.807) is 12.1 Å². The number of hydrogen-bond acceptors (Lipinski definition) is 3. The molecule has 1 aromatic heterocycles. The predicted molar refractivity (Wildman–Crippen MR) is 109 cm³/mol. The molecule has 6 heteroatoms. The van der Waals surface area contributed by atoms with Gasteiger partial charge in [-0.2, -0.15) is 0 Å². The number of anilines is 1. The van der Waals surface area contributed by atoms with Crippen molar-refractivity contribution in [3.63, 3.8) is 0 Å². The van der Waals surface area contributed by atoms with Crippen LogP contribution in [0.25, 0.3) is 10.9 Å². The minimum absolute atomic E-state index is 0.0907. The monoisotopic (exact) mass is 378 g/mol. The summed E-state index contributed by atoms with van der Waals surface area (Å²) in [6.07, 6.45) is 2.30. The van der Waals surface area contributed by atoms with E-state index in [2.05, 4.69) is 33.4 Å². The molecule has 1 fully saturated rings. The van der Waals surface area contributed by atoms with Crippen LogP contribution in [-0.4, -0.2) is 48.6 Å². The SMILES string of the molecule is O=C(NCCc1ccccc1F)N1CCN(c2cccc3cccnc23)CC1. The molecule has 1 saturated heterocycles. The van der Waals surface area contributed by atoms with Crippen LogP contribution in [0.2, 0.25) is 0 Å². The van der Waals surface area contributed by atoms with E-state index in [1.165, 1.54) is 6.07 Å². The van der Waals surface area contributed by atoms with Gasteiger partial charge in [-0.25, -0.2) is 9.18 Å². The molecule has 2 aromatic carbocycles. The number of nitrogens with one attached hydrogen (secondary N) is 1. The molecule has 2 amide bonds. The summed E-state index contributed by atoms with van der Waals surface area (Å²) in [7, 11) is 0. The molecule has 0 unspecified atom stereocenters. The normalized spacial score (nSPS) is 14.3. The van der Waals surface area contributed by atoms with Crippen molar-refractivity contribution >= 4 is 22.6 Å². The average molecular weight is 378 g/mol. The summed E-state index contributed by atoms with van der Waals surface area (Å²) in [5.74, 6) is -0.228. The van der Waals surface area contributed by atoms with Crippen LogP contribution in [-0.2, 0) is 6.42 Å². The van der Waals surface area contributed by atoms with Crippen molar-refractivity contribution in [3.8, 4) is 0 Å². The first kappa shape index (κ1) is 18.2. The minimum Gasteiger partial charge on any atom is -0.366 e. The molecule has 1 aliphatic rings.